The van der Waals surface area contributed by atoms with Crippen LogP contribution in [0.25, 0.3) is 11.2 Å². The summed E-state index contributed by atoms with van der Waals surface area (Å²) in [5.41, 5.74) is 6.65. The lowest BCUT2D eigenvalue weighted by atomic mass is 10.1. The summed E-state index contributed by atoms with van der Waals surface area (Å²) < 4.78 is 12.5. The molecule has 1 saturated heterocycles. The number of imidazole rings is 1. The molecule has 0 aromatic carbocycles. The smallest absolute Gasteiger partial charge is 0.327 e. The van der Waals surface area contributed by atoms with Gasteiger partial charge in [-0.1, -0.05) is 13.3 Å². The zero-order chi connectivity index (χ0) is 15.5. The van der Waals surface area contributed by atoms with Crippen LogP contribution in [-0.4, -0.2) is 39.3 Å². The fourth-order valence-electron chi connectivity index (χ4n) is 2.56. The Labute approximate surface area is 139 Å². The van der Waals surface area contributed by atoms with Gasteiger partial charge in [0.1, 0.15) is 5.52 Å². The van der Waals surface area contributed by atoms with Crippen LogP contribution in [0.5, 0.6) is 6.01 Å². The Morgan fingerprint density at radius 2 is 2.30 bits per heavy atom. The number of nitrogen functional groups attached to an aromatic ring is 1. The number of fused-ring (bicyclic) bond motifs is 1. The van der Waals surface area contributed by atoms with E-state index < -0.39 is 0 Å². The molecule has 8 nitrogen and oxygen atoms in total. The number of unbranched alkanes of at least 4 members (excludes halogenated alkanes) is 1. The number of rotatable bonds is 6. The average molecular weight is 344 g/mol. The third-order valence-corrected chi connectivity index (χ3v) is 3.82. The van der Waals surface area contributed by atoms with E-state index in [0.717, 1.165) is 25.9 Å². The number of nitrogens with zero attached hydrogens (tertiary/aromatic N) is 3. The number of halogens is 1. The molecule has 1 fully saturated rings. The Kier molecular flexibility index (Phi) is 5.84. The zero-order valence-electron chi connectivity index (χ0n) is 13.1. The molecule has 3 rings (SSSR count). The lowest BCUT2D eigenvalue weighted by Gasteiger charge is -2.09. The molecule has 128 valence electrons. The van der Waals surface area contributed by atoms with Gasteiger partial charge >= 0.3 is 11.7 Å². The number of nitrogens with one attached hydrogen (secondary N) is 1. The van der Waals surface area contributed by atoms with E-state index in [-0.39, 0.29) is 29.9 Å². The van der Waals surface area contributed by atoms with Gasteiger partial charge in [-0.2, -0.15) is 9.97 Å². The van der Waals surface area contributed by atoms with Gasteiger partial charge in [0, 0.05) is 19.1 Å². The monoisotopic (exact) mass is 343 g/mol. The summed E-state index contributed by atoms with van der Waals surface area (Å²) in [6, 6.07) is 0.217. The van der Waals surface area contributed by atoms with Crippen molar-refractivity contribution < 1.29 is 9.47 Å². The normalized spacial score (nSPS) is 17.3. The molecule has 0 saturated carbocycles. The van der Waals surface area contributed by atoms with Crippen molar-refractivity contribution in [1.29, 1.82) is 0 Å². The summed E-state index contributed by atoms with van der Waals surface area (Å²) in [4.78, 5) is 23.3. The lowest BCUT2D eigenvalue weighted by molar-refractivity contribution is 0.182. The fourth-order valence-corrected chi connectivity index (χ4v) is 2.56. The Hall–Kier alpha value is -1.80. The fraction of sp³-hybridized carbons (Fsp3) is 0.643. The highest BCUT2D eigenvalue weighted by Crippen LogP contribution is 2.20. The van der Waals surface area contributed by atoms with E-state index in [9.17, 15) is 4.79 Å². The van der Waals surface area contributed by atoms with Gasteiger partial charge in [0.25, 0.3) is 0 Å². The van der Waals surface area contributed by atoms with Crippen molar-refractivity contribution in [3.63, 3.8) is 0 Å². The second-order valence-electron chi connectivity index (χ2n) is 5.56. The molecule has 1 aliphatic rings. The molecule has 0 spiro atoms. The second kappa shape index (κ2) is 7.65. The molecule has 0 amide bonds. The first-order chi connectivity index (χ1) is 10.7. The van der Waals surface area contributed by atoms with Crippen LogP contribution in [0.2, 0.25) is 0 Å². The van der Waals surface area contributed by atoms with Gasteiger partial charge in [0.2, 0.25) is 0 Å². The molecule has 3 N–H and O–H groups in total. The molecule has 2 aromatic rings. The maximum atomic E-state index is 12.2. The average Bonchev–Trinajstić information content (AvgIpc) is 3.10. The van der Waals surface area contributed by atoms with Crippen LogP contribution in [0.1, 0.15) is 26.2 Å². The van der Waals surface area contributed by atoms with Gasteiger partial charge in [0.15, 0.2) is 11.5 Å². The van der Waals surface area contributed by atoms with Crippen molar-refractivity contribution in [3.8, 4) is 6.01 Å². The van der Waals surface area contributed by atoms with E-state index in [2.05, 4.69) is 21.9 Å². The molecule has 3 heterocycles. The van der Waals surface area contributed by atoms with Crippen LogP contribution in [-0.2, 0) is 11.3 Å². The molecule has 2 aromatic heterocycles. The van der Waals surface area contributed by atoms with Crippen molar-refractivity contribution in [2.45, 2.75) is 32.7 Å². The zero-order valence-corrected chi connectivity index (χ0v) is 13.9. The standard InChI is InChI=1S/C14H21N5O3.ClH/c1-2-3-5-22-13-17-11(15)10-12(18-13)19(14(20)16-10)7-9-4-6-21-8-9;/h9H,2-8H2,1H3,(H,16,20)(H2,15,17,18);1H. The molecule has 1 unspecified atom stereocenters. The van der Waals surface area contributed by atoms with Gasteiger partial charge < -0.3 is 20.2 Å². The minimum atomic E-state index is -0.228. The van der Waals surface area contributed by atoms with Gasteiger partial charge in [-0.15, -0.1) is 12.4 Å². The number of aromatic amines is 1. The minimum absolute atomic E-state index is 0. The summed E-state index contributed by atoms with van der Waals surface area (Å²) in [6.07, 6.45) is 2.88. The Morgan fingerprint density at radius 1 is 1.48 bits per heavy atom. The number of aromatic nitrogens is 4. The van der Waals surface area contributed by atoms with E-state index in [1.165, 1.54) is 0 Å². The summed E-state index contributed by atoms with van der Waals surface area (Å²) in [6.45, 7) is 4.58. The highest BCUT2D eigenvalue weighted by atomic mass is 35.5. The van der Waals surface area contributed by atoms with Crippen LogP contribution >= 0.6 is 12.4 Å². The Bertz CT molecular complexity index is 708. The molecule has 0 aliphatic carbocycles. The second-order valence-corrected chi connectivity index (χ2v) is 5.56. The third kappa shape index (κ3) is 3.76. The van der Waals surface area contributed by atoms with Crippen molar-refractivity contribution in [1.82, 2.24) is 19.5 Å². The number of ether oxygens (including phenoxy) is 2. The highest BCUT2D eigenvalue weighted by Gasteiger charge is 2.21. The van der Waals surface area contributed by atoms with Crippen LogP contribution in [0.3, 0.4) is 0 Å². The number of H-pyrrole nitrogens is 1. The van der Waals surface area contributed by atoms with Crippen molar-refractivity contribution in [3.05, 3.63) is 10.5 Å². The van der Waals surface area contributed by atoms with Crippen molar-refractivity contribution >= 4 is 29.4 Å². The highest BCUT2D eigenvalue weighted by molar-refractivity contribution is 5.85. The Morgan fingerprint density at radius 3 is 3.00 bits per heavy atom. The molecule has 0 radical (unpaired) electrons. The summed E-state index contributed by atoms with van der Waals surface area (Å²) in [5, 5.41) is 0. The van der Waals surface area contributed by atoms with Crippen LogP contribution in [0, 0.1) is 5.92 Å². The maximum Gasteiger partial charge on any atom is 0.327 e. The van der Waals surface area contributed by atoms with E-state index >= 15 is 0 Å². The topological polar surface area (TPSA) is 108 Å². The largest absolute Gasteiger partial charge is 0.463 e. The SMILES string of the molecule is CCCCOc1nc(N)c2[nH]c(=O)n(CC3CCOC3)c2n1.Cl. The maximum absolute atomic E-state index is 12.2. The first-order valence-corrected chi connectivity index (χ1v) is 7.65. The van der Waals surface area contributed by atoms with E-state index in [4.69, 9.17) is 15.2 Å². The van der Waals surface area contributed by atoms with E-state index in [1.807, 2.05) is 0 Å². The predicted octanol–water partition coefficient (Wildman–Crippen LogP) is 1.34. The summed E-state index contributed by atoms with van der Waals surface area (Å²) in [7, 11) is 0. The van der Waals surface area contributed by atoms with Crippen molar-refractivity contribution in [2.75, 3.05) is 25.6 Å². The summed E-state index contributed by atoms with van der Waals surface area (Å²) in [5.74, 6) is 0.548. The molecule has 9 heteroatoms. The molecular weight excluding hydrogens is 322 g/mol. The third-order valence-electron chi connectivity index (χ3n) is 3.82. The lowest BCUT2D eigenvalue weighted by Crippen LogP contribution is -2.22. The number of nitrogens with two attached hydrogens (primary N) is 1. The van der Waals surface area contributed by atoms with Crippen LogP contribution < -0.4 is 16.2 Å². The van der Waals surface area contributed by atoms with Gasteiger partial charge in [-0.05, 0) is 12.8 Å². The summed E-state index contributed by atoms with van der Waals surface area (Å²) >= 11 is 0. The van der Waals surface area contributed by atoms with Gasteiger partial charge in [0.05, 0.1) is 13.2 Å². The van der Waals surface area contributed by atoms with E-state index in [0.29, 0.717) is 36.8 Å². The first-order valence-electron chi connectivity index (χ1n) is 7.65. The number of hydrogen-bond donors (Lipinski definition) is 2. The van der Waals surface area contributed by atoms with Crippen LogP contribution in [0.4, 0.5) is 5.82 Å². The number of hydrogen-bond acceptors (Lipinski definition) is 6. The molecule has 23 heavy (non-hydrogen) atoms. The molecular formula is C14H22ClN5O3. The van der Waals surface area contributed by atoms with Crippen molar-refractivity contribution in [2.24, 2.45) is 5.92 Å². The van der Waals surface area contributed by atoms with E-state index in [1.54, 1.807) is 4.57 Å². The first kappa shape index (κ1) is 17.6. The quantitative estimate of drug-likeness (QED) is 0.766. The Balaban J connectivity index is 0.00000192. The molecule has 1 atom stereocenters. The number of anilines is 1. The molecule has 0 bridgehead atoms. The molecule has 1 aliphatic heterocycles. The van der Waals surface area contributed by atoms with Crippen LogP contribution in [0.15, 0.2) is 4.79 Å². The predicted molar refractivity (Wildman–Crippen MR) is 89.1 cm³/mol. The minimum Gasteiger partial charge on any atom is -0.463 e. The van der Waals surface area contributed by atoms with Gasteiger partial charge in [-0.25, -0.2) is 4.79 Å². The van der Waals surface area contributed by atoms with Gasteiger partial charge in [-0.3, -0.25) is 4.57 Å².